The summed E-state index contributed by atoms with van der Waals surface area (Å²) in [6, 6.07) is 4.51. The number of carbonyl (C=O) groups is 1. The first kappa shape index (κ1) is 14.7. The van der Waals surface area contributed by atoms with E-state index in [4.69, 9.17) is 0 Å². The topological polar surface area (TPSA) is 60.8 Å². The number of rotatable bonds is 3. The predicted octanol–water partition coefficient (Wildman–Crippen LogP) is 3.14. The summed E-state index contributed by atoms with van der Waals surface area (Å²) in [5.41, 5.74) is 0.544. The summed E-state index contributed by atoms with van der Waals surface area (Å²) < 4.78 is 0. The lowest BCUT2D eigenvalue weighted by Crippen LogP contribution is -2.42. The van der Waals surface area contributed by atoms with Crippen molar-refractivity contribution >= 4 is 5.91 Å². The molecule has 0 radical (unpaired) electrons. The van der Waals surface area contributed by atoms with Crippen LogP contribution in [0.3, 0.4) is 0 Å². The number of piperidine rings is 1. The first-order valence-corrected chi connectivity index (χ1v) is 7.33. The first-order chi connectivity index (χ1) is 9.53. The van der Waals surface area contributed by atoms with Gasteiger partial charge in [-0.1, -0.05) is 32.8 Å². The number of phenols is 2. The molecule has 0 atom stereocenters. The number of aromatic hydroxyl groups is 2. The zero-order chi connectivity index (χ0) is 14.8. The molecule has 0 spiro atoms. The van der Waals surface area contributed by atoms with Crippen LogP contribution in [-0.4, -0.2) is 34.1 Å². The van der Waals surface area contributed by atoms with E-state index in [1.807, 2.05) is 0 Å². The maximum absolute atomic E-state index is 12.4. The zero-order valence-corrected chi connectivity index (χ0v) is 12.2. The number of carbonyl (C=O) groups excluding carboxylic acids is 1. The van der Waals surface area contributed by atoms with Crippen molar-refractivity contribution in [2.75, 3.05) is 13.1 Å². The number of phenolic OH excluding ortho intramolecular Hbond substituents is 2. The number of para-hydroxylation sites is 1. The summed E-state index contributed by atoms with van der Waals surface area (Å²) in [5, 5.41) is 19.3. The second kappa shape index (κ2) is 5.73. The average molecular weight is 277 g/mol. The molecule has 2 N–H and O–H groups in total. The van der Waals surface area contributed by atoms with Crippen LogP contribution < -0.4 is 0 Å². The van der Waals surface area contributed by atoms with Crippen LogP contribution >= 0.6 is 0 Å². The van der Waals surface area contributed by atoms with E-state index >= 15 is 0 Å². The zero-order valence-electron chi connectivity index (χ0n) is 12.2. The van der Waals surface area contributed by atoms with E-state index in [-0.39, 0.29) is 23.0 Å². The Hall–Kier alpha value is -1.71. The van der Waals surface area contributed by atoms with Gasteiger partial charge in [0.25, 0.3) is 5.91 Å². The third-order valence-corrected chi connectivity index (χ3v) is 4.86. The van der Waals surface area contributed by atoms with Crippen molar-refractivity contribution < 1.29 is 15.0 Å². The van der Waals surface area contributed by atoms with Crippen LogP contribution in [0, 0.1) is 5.41 Å². The van der Waals surface area contributed by atoms with Gasteiger partial charge in [-0.05, 0) is 30.4 Å². The highest BCUT2D eigenvalue weighted by atomic mass is 16.3. The molecule has 20 heavy (non-hydrogen) atoms. The van der Waals surface area contributed by atoms with Gasteiger partial charge in [0, 0.05) is 13.1 Å². The molecular weight excluding hydrogens is 254 g/mol. The summed E-state index contributed by atoms with van der Waals surface area (Å²) >= 11 is 0. The minimum atomic E-state index is -0.319. The van der Waals surface area contributed by atoms with Crippen molar-refractivity contribution in [3.05, 3.63) is 23.8 Å². The Kier molecular flexibility index (Phi) is 4.21. The number of hydrogen-bond donors (Lipinski definition) is 2. The van der Waals surface area contributed by atoms with Crippen molar-refractivity contribution in [1.29, 1.82) is 0 Å². The summed E-state index contributed by atoms with van der Waals surface area (Å²) in [5.74, 6) is -0.760. The highest BCUT2D eigenvalue weighted by Gasteiger charge is 2.33. The summed E-state index contributed by atoms with van der Waals surface area (Å²) in [6.45, 7) is 5.86. The highest BCUT2D eigenvalue weighted by molar-refractivity contribution is 5.97. The van der Waals surface area contributed by atoms with Crippen molar-refractivity contribution in [2.45, 2.75) is 39.5 Å². The van der Waals surface area contributed by atoms with Gasteiger partial charge >= 0.3 is 0 Å². The molecule has 1 aromatic rings. The molecule has 1 heterocycles. The molecule has 4 nitrogen and oxygen atoms in total. The number of amides is 1. The lowest BCUT2D eigenvalue weighted by Gasteiger charge is -2.41. The molecule has 0 aliphatic carbocycles. The van der Waals surface area contributed by atoms with Gasteiger partial charge in [-0.25, -0.2) is 0 Å². The van der Waals surface area contributed by atoms with E-state index in [2.05, 4.69) is 13.8 Å². The van der Waals surface area contributed by atoms with Gasteiger partial charge in [-0.15, -0.1) is 0 Å². The van der Waals surface area contributed by atoms with Crippen LogP contribution in [0.15, 0.2) is 18.2 Å². The summed E-state index contributed by atoms with van der Waals surface area (Å²) in [6.07, 6.45) is 4.29. The van der Waals surface area contributed by atoms with E-state index in [9.17, 15) is 15.0 Å². The Labute approximate surface area is 120 Å². The van der Waals surface area contributed by atoms with Gasteiger partial charge < -0.3 is 15.1 Å². The molecular formula is C16H23NO3. The molecule has 1 saturated heterocycles. The largest absolute Gasteiger partial charge is 0.504 e. The fourth-order valence-electron chi connectivity index (χ4n) is 3.02. The maximum atomic E-state index is 12.4. The van der Waals surface area contributed by atoms with Crippen molar-refractivity contribution in [3.8, 4) is 11.5 Å². The Balaban J connectivity index is 2.11. The number of nitrogens with zero attached hydrogens (tertiary/aromatic N) is 1. The van der Waals surface area contributed by atoms with Crippen LogP contribution in [-0.2, 0) is 0 Å². The lowest BCUT2D eigenvalue weighted by molar-refractivity contribution is 0.0554. The highest BCUT2D eigenvalue weighted by Crippen LogP contribution is 2.39. The molecule has 4 heteroatoms. The van der Waals surface area contributed by atoms with Gasteiger partial charge in [0.15, 0.2) is 11.5 Å². The molecule has 1 aromatic carbocycles. The summed E-state index contributed by atoms with van der Waals surface area (Å²) in [7, 11) is 0. The number of hydrogen-bond acceptors (Lipinski definition) is 3. The minimum Gasteiger partial charge on any atom is -0.504 e. The van der Waals surface area contributed by atoms with E-state index in [1.54, 1.807) is 17.0 Å². The summed E-state index contributed by atoms with van der Waals surface area (Å²) in [4.78, 5) is 14.2. The fraction of sp³-hybridized carbons (Fsp3) is 0.562. The minimum absolute atomic E-state index is 0.186. The van der Waals surface area contributed by atoms with Crippen LogP contribution in [0.2, 0.25) is 0 Å². The molecule has 1 aliphatic rings. The molecule has 1 aliphatic heterocycles. The van der Waals surface area contributed by atoms with E-state index in [0.29, 0.717) is 5.41 Å². The maximum Gasteiger partial charge on any atom is 0.257 e. The molecule has 0 unspecified atom stereocenters. The number of benzene rings is 1. The van der Waals surface area contributed by atoms with Crippen LogP contribution in [0.4, 0.5) is 0 Å². The lowest BCUT2D eigenvalue weighted by atomic mass is 9.74. The van der Waals surface area contributed by atoms with E-state index in [1.165, 1.54) is 6.07 Å². The third kappa shape index (κ3) is 2.60. The third-order valence-electron chi connectivity index (χ3n) is 4.86. The SMILES string of the molecule is CCC1(CC)CCN(C(=O)c2cccc(O)c2O)CC1. The molecule has 2 rings (SSSR count). The normalized spacial score (nSPS) is 18.0. The Bertz CT molecular complexity index is 484. The average Bonchev–Trinajstić information content (AvgIpc) is 2.49. The molecule has 110 valence electrons. The van der Waals surface area contributed by atoms with Crippen molar-refractivity contribution in [1.82, 2.24) is 4.90 Å². The van der Waals surface area contributed by atoms with Crippen LogP contribution in [0.5, 0.6) is 11.5 Å². The monoisotopic (exact) mass is 277 g/mol. The quantitative estimate of drug-likeness (QED) is 0.834. The van der Waals surface area contributed by atoms with Gasteiger partial charge in [-0.2, -0.15) is 0 Å². The standard InChI is InChI=1S/C16H23NO3/c1-3-16(4-2)8-10-17(11-9-16)15(20)12-6-5-7-13(18)14(12)19/h5-7,18-19H,3-4,8-11H2,1-2H3. The van der Waals surface area contributed by atoms with E-state index in [0.717, 1.165) is 38.8 Å². The van der Waals surface area contributed by atoms with Crippen LogP contribution in [0.1, 0.15) is 49.9 Å². The fourth-order valence-corrected chi connectivity index (χ4v) is 3.02. The van der Waals surface area contributed by atoms with Gasteiger partial charge in [-0.3, -0.25) is 4.79 Å². The van der Waals surface area contributed by atoms with Gasteiger partial charge in [0.1, 0.15) is 0 Å². The Morgan fingerprint density at radius 2 is 1.80 bits per heavy atom. The first-order valence-electron chi connectivity index (χ1n) is 7.33. The van der Waals surface area contributed by atoms with Crippen molar-refractivity contribution in [3.63, 3.8) is 0 Å². The smallest absolute Gasteiger partial charge is 0.257 e. The Morgan fingerprint density at radius 3 is 2.35 bits per heavy atom. The molecule has 0 saturated carbocycles. The molecule has 0 aromatic heterocycles. The van der Waals surface area contributed by atoms with E-state index < -0.39 is 0 Å². The van der Waals surface area contributed by atoms with Crippen molar-refractivity contribution in [2.24, 2.45) is 5.41 Å². The molecule has 1 amide bonds. The van der Waals surface area contributed by atoms with Crippen LogP contribution in [0.25, 0.3) is 0 Å². The predicted molar refractivity (Wildman–Crippen MR) is 77.9 cm³/mol. The molecule has 1 fully saturated rings. The second-order valence-electron chi connectivity index (χ2n) is 5.67. The second-order valence-corrected chi connectivity index (χ2v) is 5.67. The van der Waals surface area contributed by atoms with Gasteiger partial charge in [0.05, 0.1) is 5.56 Å². The molecule has 0 bridgehead atoms. The van der Waals surface area contributed by atoms with Gasteiger partial charge in [0.2, 0.25) is 0 Å². The Morgan fingerprint density at radius 1 is 1.20 bits per heavy atom. The number of likely N-dealkylation sites (tertiary alicyclic amines) is 1.